The smallest absolute Gasteiger partial charge is 0.652 e. The van der Waals surface area contributed by atoms with E-state index < -0.39 is 18.5 Å². The molecule has 9 nitrogen and oxygen atoms in total. The van der Waals surface area contributed by atoms with E-state index in [1.54, 1.807) is 0 Å². The molecule has 0 aliphatic carbocycles. The minimum absolute atomic E-state index is 0. The van der Waals surface area contributed by atoms with Crippen molar-refractivity contribution in [3.05, 3.63) is 0 Å². The van der Waals surface area contributed by atoms with E-state index in [0.717, 1.165) is 0 Å². The first-order valence-corrected chi connectivity index (χ1v) is 1.92. The Morgan fingerprint density at radius 1 is 0.786 bits per heavy atom. The van der Waals surface area contributed by atoms with Crippen LogP contribution in [0.1, 0.15) is 0 Å². The molecular formula is C3H8CaO9Si. The third-order valence-corrected chi connectivity index (χ3v) is 0. The molecule has 0 unspecified atom stereocenters. The number of carbonyl (C=O) groups excluding carboxylic acids is 1. The molecule has 0 fully saturated rings. The first-order valence-electron chi connectivity index (χ1n) is 1.92. The van der Waals surface area contributed by atoms with Gasteiger partial charge in [-0.05, 0) is 17.1 Å². The van der Waals surface area contributed by atoms with Gasteiger partial charge < -0.3 is 35.4 Å². The minimum atomic E-state index is -2.33. The van der Waals surface area contributed by atoms with E-state index >= 15 is 0 Å². The predicted octanol–water partition coefficient (Wildman–Crippen LogP) is -3.83. The first kappa shape index (κ1) is 29.2. The second kappa shape index (κ2) is 22.8. The van der Waals surface area contributed by atoms with Gasteiger partial charge in [0.05, 0.1) is 0 Å². The van der Waals surface area contributed by atoms with Gasteiger partial charge in [-0.2, -0.15) is 0 Å². The molecule has 0 aromatic heterocycles. The molecule has 80 valence electrons. The van der Waals surface area contributed by atoms with E-state index in [4.69, 9.17) is 45.0 Å². The van der Waals surface area contributed by atoms with Gasteiger partial charge >= 0.3 is 50.0 Å². The van der Waals surface area contributed by atoms with Crippen LogP contribution >= 0.6 is 0 Å². The van der Waals surface area contributed by atoms with Gasteiger partial charge in [-0.3, -0.25) is 0 Å². The maximum Gasteiger partial charge on any atom is 2.00 e. The Morgan fingerprint density at radius 2 is 0.786 bits per heavy atom. The molecule has 0 aliphatic rings. The van der Waals surface area contributed by atoms with Crippen molar-refractivity contribution in [2.45, 2.75) is 0 Å². The van der Waals surface area contributed by atoms with E-state index in [1.165, 1.54) is 0 Å². The second-order valence-corrected chi connectivity index (χ2v) is 0.815. The van der Waals surface area contributed by atoms with Crippen LogP contribution in [0.25, 0.3) is 0 Å². The van der Waals surface area contributed by atoms with Crippen LogP contribution in [0.4, 0.5) is 14.4 Å². The van der Waals surface area contributed by atoms with E-state index in [0.29, 0.717) is 0 Å². The van der Waals surface area contributed by atoms with Crippen molar-refractivity contribution >= 4 is 67.2 Å². The van der Waals surface area contributed by atoms with E-state index in [2.05, 4.69) is 0 Å². The minimum Gasteiger partial charge on any atom is -0.652 e. The average molecular weight is 256 g/mol. The average Bonchev–Trinajstić information content (AvgIpc) is 1.54. The first-order chi connectivity index (χ1) is 5.20. The molecule has 14 heavy (non-hydrogen) atoms. The zero-order valence-electron chi connectivity index (χ0n) is 6.04. The molecule has 4 N–H and O–H groups in total. The van der Waals surface area contributed by atoms with Crippen LogP contribution in [0.15, 0.2) is 0 Å². The number of hydrogen-bond acceptors (Lipinski definition) is 5. The summed E-state index contributed by atoms with van der Waals surface area (Å²) < 4.78 is 0. The SMILES string of the molecule is O=C(O)O.O=C(O)O.O=C([O-])[O-].[Ca+2].[SiH4]. The van der Waals surface area contributed by atoms with Crippen molar-refractivity contribution in [2.24, 2.45) is 0 Å². The Labute approximate surface area is 112 Å². The van der Waals surface area contributed by atoms with Crippen molar-refractivity contribution < 1.29 is 45.0 Å². The fraction of sp³-hybridized carbons (Fsp3) is 0. The number of carbonyl (C=O) groups is 3. The van der Waals surface area contributed by atoms with E-state index in [1.807, 2.05) is 0 Å². The Hall–Kier alpha value is -0.713. The van der Waals surface area contributed by atoms with Crippen molar-refractivity contribution in [2.75, 3.05) is 0 Å². The van der Waals surface area contributed by atoms with Crippen LogP contribution in [0.3, 0.4) is 0 Å². The molecule has 0 saturated heterocycles. The molecular weight excluding hydrogens is 248 g/mol. The molecule has 0 spiro atoms. The molecule has 0 aromatic rings. The van der Waals surface area contributed by atoms with Crippen LogP contribution in [-0.2, 0) is 0 Å². The fourth-order valence-corrected chi connectivity index (χ4v) is 0. The Bertz CT molecular complexity index is 118. The summed E-state index contributed by atoms with van der Waals surface area (Å²) >= 11 is 0. The second-order valence-electron chi connectivity index (χ2n) is 0.815. The van der Waals surface area contributed by atoms with Crippen LogP contribution in [0, 0.1) is 0 Å². The monoisotopic (exact) mass is 256 g/mol. The number of rotatable bonds is 0. The molecule has 0 bridgehead atoms. The number of carboxylic acid groups (broad SMARTS) is 6. The third-order valence-electron chi connectivity index (χ3n) is 0. The maximum atomic E-state index is 8.56. The topological polar surface area (TPSA) is 178 Å². The van der Waals surface area contributed by atoms with Crippen molar-refractivity contribution in [1.82, 2.24) is 0 Å². The summed E-state index contributed by atoms with van der Waals surface area (Å²) in [5, 5.41) is 44.6. The summed E-state index contributed by atoms with van der Waals surface area (Å²) in [5.74, 6) is 0. The summed E-state index contributed by atoms with van der Waals surface area (Å²) in [6.45, 7) is 0. The standard InChI is InChI=1S/3CH2O3.Ca.H4Si/c3*2-1(3)4;;/h3*(H2,2,3,4);;1H4/q;;;+2;/p-2. The predicted molar refractivity (Wildman–Crippen MR) is 43.8 cm³/mol. The van der Waals surface area contributed by atoms with Crippen LogP contribution in [0.5, 0.6) is 0 Å². The van der Waals surface area contributed by atoms with Gasteiger partial charge in [0.25, 0.3) is 0 Å². The fourth-order valence-electron chi connectivity index (χ4n) is 0. The van der Waals surface area contributed by atoms with Gasteiger partial charge in [0.2, 0.25) is 0 Å². The van der Waals surface area contributed by atoms with Gasteiger partial charge in [-0.15, -0.1) is 0 Å². The van der Waals surface area contributed by atoms with Crippen LogP contribution in [-0.4, -0.2) is 87.6 Å². The van der Waals surface area contributed by atoms with Crippen molar-refractivity contribution in [3.63, 3.8) is 0 Å². The normalized spacial score (nSPS) is 5.14. The zero-order chi connectivity index (χ0) is 10.7. The van der Waals surface area contributed by atoms with Gasteiger partial charge in [-0.1, -0.05) is 0 Å². The molecule has 0 atom stereocenters. The van der Waals surface area contributed by atoms with Gasteiger partial charge in [0, 0.05) is 0 Å². The van der Waals surface area contributed by atoms with Gasteiger partial charge in [0.15, 0.2) is 0 Å². The van der Waals surface area contributed by atoms with Crippen LogP contribution in [0.2, 0.25) is 0 Å². The third kappa shape index (κ3) is 2350. The number of hydrogen-bond donors (Lipinski definition) is 4. The summed E-state index contributed by atoms with van der Waals surface area (Å²) in [6, 6.07) is 0. The van der Waals surface area contributed by atoms with E-state index in [-0.39, 0.29) is 48.7 Å². The molecule has 0 aliphatic heterocycles. The summed E-state index contributed by atoms with van der Waals surface area (Å²) in [5.41, 5.74) is 0. The molecule has 0 saturated carbocycles. The van der Waals surface area contributed by atoms with Gasteiger partial charge in [0.1, 0.15) is 0 Å². The van der Waals surface area contributed by atoms with Crippen molar-refractivity contribution in [3.8, 4) is 0 Å². The quantitative estimate of drug-likeness (QED) is 0.316. The molecule has 0 heterocycles. The van der Waals surface area contributed by atoms with Gasteiger partial charge in [-0.25, -0.2) is 9.59 Å². The van der Waals surface area contributed by atoms with E-state index in [9.17, 15) is 0 Å². The Balaban J connectivity index is -0.0000000270. The molecule has 0 amide bonds. The summed E-state index contributed by atoms with van der Waals surface area (Å²) in [6.07, 6.45) is -6.00. The van der Waals surface area contributed by atoms with Crippen LogP contribution < -0.4 is 10.2 Å². The zero-order valence-corrected chi connectivity index (χ0v) is 8.25. The maximum absolute atomic E-state index is 8.56. The Morgan fingerprint density at radius 3 is 0.786 bits per heavy atom. The molecule has 0 radical (unpaired) electrons. The largest absolute Gasteiger partial charge is 2.00 e. The molecule has 0 rings (SSSR count). The van der Waals surface area contributed by atoms with Crippen molar-refractivity contribution in [1.29, 1.82) is 0 Å². The summed E-state index contributed by atoms with van der Waals surface area (Å²) in [7, 11) is 0. The molecule has 0 aromatic carbocycles. The Kier molecular flexibility index (Phi) is 47.6. The summed E-state index contributed by atoms with van der Waals surface area (Å²) in [4.78, 5) is 25.4. The molecule has 11 heteroatoms.